The average molecular weight is 293 g/mol. The standard InChI is InChI=1S/C14H13F2N3O2/c15-9-4-5-10(11(16)7-9)12(20)8-19-14(21)18-6-2-1-3-13(18)17-19/h4-5,7H,1-3,6,8H2. The maximum absolute atomic E-state index is 13.6. The molecule has 7 heteroatoms. The van der Waals surface area contributed by atoms with Crippen molar-refractivity contribution >= 4 is 5.78 Å². The van der Waals surface area contributed by atoms with Crippen molar-refractivity contribution in [2.24, 2.45) is 0 Å². The Morgan fingerprint density at radius 1 is 1.29 bits per heavy atom. The molecule has 0 atom stereocenters. The van der Waals surface area contributed by atoms with Crippen molar-refractivity contribution in [1.29, 1.82) is 0 Å². The average Bonchev–Trinajstić information content (AvgIpc) is 2.76. The molecule has 21 heavy (non-hydrogen) atoms. The number of nitrogens with zero attached hydrogens (tertiary/aromatic N) is 3. The molecule has 0 N–H and O–H groups in total. The van der Waals surface area contributed by atoms with Gasteiger partial charge in [0.1, 0.15) is 24.0 Å². The lowest BCUT2D eigenvalue weighted by molar-refractivity contribution is 0.0962. The van der Waals surface area contributed by atoms with E-state index in [1.165, 1.54) is 4.57 Å². The van der Waals surface area contributed by atoms with Gasteiger partial charge in [-0.25, -0.2) is 18.3 Å². The lowest BCUT2D eigenvalue weighted by Crippen LogP contribution is -2.29. The number of ketones is 1. The summed E-state index contributed by atoms with van der Waals surface area (Å²) in [6.45, 7) is 0.245. The summed E-state index contributed by atoms with van der Waals surface area (Å²) in [5.41, 5.74) is -0.602. The van der Waals surface area contributed by atoms with Gasteiger partial charge in [-0.1, -0.05) is 0 Å². The van der Waals surface area contributed by atoms with Gasteiger partial charge in [-0.3, -0.25) is 9.36 Å². The van der Waals surface area contributed by atoms with Crippen molar-refractivity contribution in [3.05, 3.63) is 51.7 Å². The Hall–Kier alpha value is -2.31. The van der Waals surface area contributed by atoms with Crippen molar-refractivity contribution in [2.75, 3.05) is 0 Å². The molecule has 2 aromatic rings. The Labute approximate surface area is 118 Å². The van der Waals surface area contributed by atoms with Crippen molar-refractivity contribution in [3.63, 3.8) is 0 Å². The van der Waals surface area contributed by atoms with Crippen molar-refractivity contribution in [2.45, 2.75) is 32.4 Å². The Morgan fingerprint density at radius 2 is 2.10 bits per heavy atom. The Morgan fingerprint density at radius 3 is 2.81 bits per heavy atom. The lowest BCUT2D eigenvalue weighted by atomic mass is 10.1. The van der Waals surface area contributed by atoms with E-state index in [1.54, 1.807) is 0 Å². The second-order valence-corrected chi connectivity index (χ2v) is 5.01. The molecule has 110 valence electrons. The first-order valence-corrected chi connectivity index (χ1v) is 6.71. The predicted octanol–water partition coefficient (Wildman–Crippen LogP) is 1.54. The summed E-state index contributed by atoms with van der Waals surface area (Å²) in [6.07, 6.45) is 2.55. The van der Waals surface area contributed by atoms with Gasteiger partial charge in [0.05, 0.1) is 5.56 Å². The van der Waals surface area contributed by atoms with Crippen LogP contribution in [-0.4, -0.2) is 20.1 Å². The number of aromatic nitrogens is 3. The smallest absolute Gasteiger partial charge is 0.292 e. The number of aryl methyl sites for hydroxylation is 1. The highest BCUT2D eigenvalue weighted by Gasteiger charge is 2.20. The first-order chi connectivity index (χ1) is 10.1. The summed E-state index contributed by atoms with van der Waals surface area (Å²) < 4.78 is 29.0. The minimum Gasteiger partial charge on any atom is -0.292 e. The zero-order valence-electron chi connectivity index (χ0n) is 11.2. The van der Waals surface area contributed by atoms with Gasteiger partial charge in [0.2, 0.25) is 0 Å². The van der Waals surface area contributed by atoms with Crippen LogP contribution < -0.4 is 5.69 Å². The normalized spacial score (nSPS) is 14.0. The van der Waals surface area contributed by atoms with Crippen LogP contribution in [0.25, 0.3) is 0 Å². The Kier molecular flexibility index (Phi) is 3.40. The van der Waals surface area contributed by atoms with Gasteiger partial charge in [0.25, 0.3) is 0 Å². The molecule has 2 heterocycles. The minimum atomic E-state index is -0.933. The fourth-order valence-corrected chi connectivity index (χ4v) is 2.49. The summed E-state index contributed by atoms with van der Waals surface area (Å²) in [4.78, 5) is 24.1. The number of hydrogen-bond donors (Lipinski definition) is 0. The number of rotatable bonds is 3. The van der Waals surface area contributed by atoms with Gasteiger partial charge in [-0.15, -0.1) is 0 Å². The third-order valence-electron chi connectivity index (χ3n) is 3.56. The van der Waals surface area contributed by atoms with Crippen LogP contribution in [0.1, 0.15) is 29.0 Å². The van der Waals surface area contributed by atoms with Gasteiger partial charge >= 0.3 is 5.69 Å². The highest BCUT2D eigenvalue weighted by Crippen LogP contribution is 2.12. The van der Waals surface area contributed by atoms with Crippen LogP contribution in [-0.2, 0) is 19.5 Å². The molecular weight excluding hydrogens is 280 g/mol. The third-order valence-corrected chi connectivity index (χ3v) is 3.56. The Bertz CT molecular complexity index is 764. The number of carbonyl (C=O) groups is 1. The monoisotopic (exact) mass is 293 g/mol. The molecule has 1 aliphatic rings. The van der Waals surface area contributed by atoms with E-state index in [9.17, 15) is 18.4 Å². The van der Waals surface area contributed by atoms with Crippen LogP contribution >= 0.6 is 0 Å². The van der Waals surface area contributed by atoms with E-state index >= 15 is 0 Å². The van der Waals surface area contributed by atoms with Crippen molar-refractivity contribution < 1.29 is 13.6 Å². The topological polar surface area (TPSA) is 56.9 Å². The van der Waals surface area contributed by atoms with Gasteiger partial charge in [-0.2, -0.15) is 5.10 Å². The van der Waals surface area contributed by atoms with Gasteiger partial charge in [0.15, 0.2) is 5.78 Å². The molecule has 0 bridgehead atoms. The van der Waals surface area contributed by atoms with E-state index in [-0.39, 0.29) is 17.8 Å². The fourth-order valence-electron chi connectivity index (χ4n) is 2.49. The molecule has 0 fully saturated rings. The fraction of sp³-hybridized carbons (Fsp3) is 0.357. The van der Waals surface area contributed by atoms with E-state index in [1.807, 2.05) is 0 Å². The van der Waals surface area contributed by atoms with E-state index in [4.69, 9.17) is 0 Å². The maximum Gasteiger partial charge on any atom is 0.346 e. The molecule has 0 amide bonds. The van der Waals surface area contributed by atoms with Gasteiger partial charge in [0, 0.05) is 19.0 Å². The number of carbonyl (C=O) groups excluding carboxylic acids is 1. The lowest BCUT2D eigenvalue weighted by Gasteiger charge is -2.09. The van der Waals surface area contributed by atoms with Gasteiger partial charge < -0.3 is 0 Å². The molecule has 0 aliphatic carbocycles. The highest BCUT2D eigenvalue weighted by molar-refractivity contribution is 5.96. The van der Waals surface area contributed by atoms with Crippen LogP contribution in [0.4, 0.5) is 8.78 Å². The molecule has 0 saturated carbocycles. The van der Waals surface area contributed by atoms with E-state index < -0.39 is 17.4 Å². The molecule has 0 saturated heterocycles. The molecule has 0 radical (unpaired) electrons. The molecule has 1 aromatic carbocycles. The molecule has 0 unspecified atom stereocenters. The van der Waals surface area contributed by atoms with Crippen LogP contribution in [0.2, 0.25) is 0 Å². The maximum atomic E-state index is 13.6. The zero-order valence-corrected chi connectivity index (χ0v) is 11.2. The van der Waals surface area contributed by atoms with E-state index in [2.05, 4.69) is 5.10 Å². The van der Waals surface area contributed by atoms with E-state index in [0.717, 1.165) is 29.7 Å². The molecule has 5 nitrogen and oxygen atoms in total. The van der Waals surface area contributed by atoms with Crippen LogP contribution in [0.5, 0.6) is 0 Å². The number of hydrogen-bond acceptors (Lipinski definition) is 3. The second kappa shape index (κ2) is 5.23. The SMILES string of the molecule is O=C(Cn1nc2n(c1=O)CCCC2)c1ccc(F)cc1F. The quantitative estimate of drug-likeness (QED) is 0.807. The number of halogens is 2. The zero-order chi connectivity index (χ0) is 15.0. The Balaban J connectivity index is 1.88. The molecular formula is C14H13F2N3O2. The van der Waals surface area contributed by atoms with Crippen molar-refractivity contribution in [1.82, 2.24) is 14.3 Å². The first kappa shape index (κ1) is 13.7. The number of fused-ring (bicyclic) bond motifs is 1. The third kappa shape index (κ3) is 2.51. The van der Waals surface area contributed by atoms with Crippen LogP contribution in [0, 0.1) is 11.6 Å². The largest absolute Gasteiger partial charge is 0.346 e. The summed E-state index contributed by atoms with van der Waals surface area (Å²) in [6, 6.07) is 2.74. The molecule has 3 rings (SSSR count). The second-order valence-electron chi connectivity index (χ2n) is 5.01. The molecule has 0 spiro atoms. The number of Topliss-reactive ketones (excluding diaryl/α,β-unsaturated/α-hetero) is 1. The molecule has 1 aliphatic heterocycles. The summed E-state index contributed by atoms with van der Waals surface area (Å²) in [5, 5.41) is 4.11. The molecule has 1 aromatic heterocycles. The van der Waals surface area contributed by atoms with Crippen molar-refractivity contribution in [3.8, 4) is 0 Å². The van der Waals surface area contributed by atoms with Gasteiger partial charge in [-0.05, 0) is 25.0 Å². The van der Waals surface area contributed by atoms with Crippen LogP contribution in [0.3, 0.4) is 0 Å². The summed E-state index contributed by atoms with van der Waals surface area (Å²) >= 11 is 0. The number of benzene rings is 1. The van der Waals surface area contributed by atoms with E-state index in [0.29, 0.717) is 24.9 Å². The minimum absolute atomic E-state index is 0.241. The summed E-state index contributed by atoms with van der Waals surface area (Å²) in [5.74, 6) is -1.64. The summed E-state index contributed by atoms with van der Waals surface area (Å²) in [7, 11) is 0. The van der Waals surface area contributed by atoms with Crippen LogP contribution in [0.15, 0.2) is 23.0 Å². The first-order valence-electron chi connectivity index (χ1n) is 6.71. The highest BCUT2D eigenvalue weighted by atomic mass is 19.1. The predicted molar refractivity (Wildman–Crippen MR) is 70.1 cm³/mol.